The molecule has 3 rings (SSSR count). The van der Waals surface area contributed by atoms with E-state index in [9.17, 15) is 9.50 Å². The standard InChI is InChI=1S/C15H21FO/c16-13-6-4-10(5-7-13)15-11-2-1-3-12(15)9-14(17)8-11/h4,6-7,10-12,14-15,17H,1-3,5,8-9H2/t10?,11?,12?,14-,15-. The highest BCUT2D eigenvalue weighted by Gasteiger charge is 2.42. The van der Waals surface area contributed by atoms with Crippen LogP contribution in [0.1, 0.15) is 38.5 Å². The predicted octanol–water partition coefficient (Wildman–Crippen LogP) is 3.60. The summed E-state index contributed by atoms with van der Waals surface area (Å²) in [6.45, 7) is 0. The average Bonchev–Trinajstić information content (AvgIpc) is 2.29. The number of aliphatic hydroxyl groups excluding tert-OH is 1. The molecule has 3 unspecified atom stereocenters. The lowest BCUT2D eigenvalue weighted by Gasteiger charge is -2.47. The number of rotatable bonds is 1. The van der Waals surface area contributed by atoms with Crippen LogP contribution in [0.5, 0.6) is 0 Å². The third-order valence-electron chi connectivity index (χ3n) is 4.97. The van der Waals surface area contributed by atoms with Crippen LogP contribution in [0.2, 0.25) is 0 Å². The van der Waals surface area contributed by atoms with Crippen LogP contribution in [0.25, 0.3) is 0 Å². The van der Waals surface area contributed by atoms with Crippen LogP contribution < -0.4 is 0 Å². The fourth-order valence-corrected chi connectivity index (χ4v) is 4.35. The Bertz CT molecular complexity index is 333. The molecular weight excluding hydrogens is 215 g/mol. The van der Waals surface area contributed by atoms with Crippen molar-refractivity contribution in [1.29, 1.82) is 0 Å². The normalized spacial score (nSPS) is 45.5. The van der Waals surface area contributed by atoms with Gasteiger partial charge in [0, 0.05) is 0 Å². The van der Waals surface area contributed by atoms with Crippen molar-refractivity contribution >= 4 is 0 Å². The Kier molecular flexibility index (Phi) is 3.08. The molecule has 0 saturated heterocycles. The molecular formula is C15H21FO. The van der Waals surface area contributed by atoms with Crippen LogP contribution in [0.15, 0.2) is 24.1 Å². The molecule has 1 nitrogen and oxygen atoms in total. The molecule has 17 heavy (non-hydrogen) atoms. The molecule has 94 valence electrons. The first-order valence-electron chi connectivity index (χ1n) is 6.96. The van der Waals surface area contributed by atoms with Crippen LogP contribution in [0, 0.1) is 23.7 Å². The first-order valence-corrected chi connectivity index (χ1v) is 6.96. The maximum absolute atomic E-state index is 13.0. The van der Waals surface area contributed by atoms with Gasteiger partial charge < -0.3 is 5.11 Å². The number of aliphatic hydroxyl groups is 1. The number of fused-ring (bicyclic) bond motifs is 2. The Labute approximate surface area is 102 Å². The van der Waals surface area contributed by atoms with Crippen molar-refractivity contribution in [3.63, 3.8) is 0 Å². The first kappa shape index (κ1) is 11.5. The van der Waals surface area contributed by atoms with Gasteiger partial charge >= 0.3 is 0 Å². The Morgan fingerprint density at radius 3 is 2.47 bits per heavy atom. The highest BCUT2D eigenvalue weighted by atomic mass is 19.1. The van der Waals surface area contributed by atoms with Crippen LogP contribution >= 0.6 is 0 Å². The molecule has 0 radical (unpaired) electrons. The van der Waals surface area contributed by atoms with Crippen LogP contribution in [0.3, 0.4) is 0 Å². The molecule has 3 atom stereocenters. The van der Waals surface area contributed by atoms with Crippen LogP contribution in [-0.2, 0) is 0 Å². The Balaban J connectivity index is 1.76. The van der Waals surface area contributed by atoms with E-state index in [-0.39, 0.29) is 11.9 Å². The van der Waals surface area contributed by atoms with Crippen molar-refractivity contribution in [3.8, 4) is 0 Å². The molecule has 0 spiro atoms. The molecule has 2 heteroatoms. The molecule has 2 bridgehead atoms. The summed E-state index contributed by atoms with van der Waals surface area (Å²) in [5.41, 5.74) is 0. The molecule has 0 aromatic carbocycles. The van der Waals surface area contributed by atoms with Crippen LogP contribution in [-0.4, -0.2) is 11.2 Å². The van der Waals surface area contributed by atoms with Crippen molar-refractivity contribution < 1.29 is 9.50 Å². The van der Waals surface area contributed by atoms with E-state index >= 15 is 0 Å². The molecule has 0 amide bonds. The van der Waals surface area contributed by atoms with E-state index < -0.39 is 0 Å². The zero-order valence-electron chi connectivity index (χ0n) is 10.2. The van der Waals surface area contributed by atoms with E-state index in [1.165, 1.54) is 19.3 Å². The van der Waals surface area contributed by atoms with E-state index in [0.717, 1.165) is 19.3 Å². The van der Waals surface area contributed by atoms with Gasteiger partial charge in [0.25, 0.3) is 0 Å². The molecule has 2 fully saturated rings. The molecule has 2 saturated carbocycles. The van der Waals surface area contributed by atoms with E-state index in [1.807, 2.05) is 0 Å². The monoisotopic (exact) mass is 236 g/mol. The Morgan fingerprint density at radius 1 is 1.18 bits per heavy atom. The van der Waals surface area contributed by atoms with Gasteiger partial charge in [-0.2, -0.15) is 0 Å². The summed E-state index contributed by atoms with van der Waals surface area (Å²) >= 11 is 0. The highest BCUT2D eigenvalue weighted by Crippen LogP contribution is 2.49. The zero-order valence-corrected chi connectivity index (χ0v) is 10.2. The van der Waals surface area contributed by atoms with Gasteiger partial charge in [-0.05, 0) is 55.1 Å². The third kappa shape index (κ3) is 2.20. The summed E-state index contributed by atoms with van der Waals surface area (Å²) in [7, 11) is 0. The second-order valence-corrected chi connectivity index (χ2v) is 6.00. The topological polar surface area (TPSA) is 20.2 Å². The van der Waals surface area contributed by atoms with Gasteiger partial charge in [0.05, 0.1) is 6.10 Å². The lowest BCUT2D eigenvalue weighted by atomic mass is 9.59. The summed E-state index contributed by atoms with van der Waals surface area (Å²) < 4.78 is 13.0. The second kappa shape index (κ2) is 4.56. The third-order valence-corrected chi connectivity index (χ3v) is 4.97. The zero-order chi connectivity index (χ0) is 11.8. The van der Waals surface area contributed by atoms with Gasteiger partial charge in [0.1, 0.15) is 5.83 Å². The van der Waals surface area contributed by atoms with Gasteiger partial charge in [0.15, 0.2) is 0 Å². The van der Waals surface area contributed by atoms with E-state index in [1.54, 1.807) is 12.2 Å². The lowest BCUT2D eigenvalue weighted by Crippen LogP contribution is -2.41. The first-order chi connectivity index (χ1) is 8.24. The Morgan fingerprint density at radius 2 is 1.88 bits per heavy atom. The molecule has 1 N–H and O–H groups in total. The van der Waals surface area contributed by atoms with Gasteiger partial charge in [-0.25, -0.2) is 4.39 Å². The summed E-state index contributed by atoms with van der Waals surface area (Å²) in [5, 5.41) is 9.88. The molecule has 3 aliphatic rings. The summed E-state index contributed by atoms with van der Waals surface area (Å²) in [6.07, 6.45) is 12.0. The van der Waals surface area contributed by atoms with Gasteiger partial charge in [-0.3, -0.25) is 0 Å². The molecule has 0 aliphatic heterocycles. The average molecular weight is 236 g/mol. The minimum absolute atomic E-state index is 0.0812. The van der Waals surface area contributed by atoms with Crippen molar-refractivity contribution in [2.45, 2.75) is 44.6 Å². The van der Waals surface area contributed by atoms with E-state index in [0.29, 0.717) is 23.7 Å². The summed E-state index contributed by atoms with van der Waals surface area (Å²) in [6, 6.07) is 0. The van der Waals surface area contributed by atoms with Crippen molar-refractivity contribution in [3.05, 3.63) is 24.1 Å². The van der Waals surface area contributed by atoms with Crippen molar-refractivity contribution in [2.24, 2.45) is 23.7 Å². The number of hydrogen-bond acceptors (Lipinski definition) is 1. The van der Waals surface area contributed by atoms with Gasteiger partial charge in [0.2, 0.25) is 0 Å². The molecule has 3 aliphatic carbocycles. The summed E-state index contributed by atoms with van der Waals surface area (Å²) in [5.74, 6) is 2.45. The van der Waals surface area contributed by atoms with Crippen molar-refractivity contribution in [1.82, 2.24) is 0 Å². The quantitative estimate of drug-likeness (QED) is 0.737. The number of allylic oxidation sites excluding steroid dienone is 4. The maximum Gasteiger partial charge on any atom is 0.118 e. The smallest absolute Gasteiger partial charge is 0.118 e. The number of hydrogen-bond donors (Lipinski definition) is 1. The molecule has 0 aromatic rings. The fraction of sp³-hybridized carbons (Fsp3) is 0.733. The van der Waals surface area contributed by atoms with Gasteiger partial charge in [-0.1, -0.05) is 25.3 Å². The van der Waals surface area contributed by atoms with E-state index in [4.69, 9.17) is 0 Å². The highest BCUT2D eigenvalue weighted by molar-refractivity contribution is 5.19. The predicted molar refractivity (Wildman–Crippen MR) is 66.0 cm³/mol. The van der Waals surface area contributed by atoms with Crippen molar-refractivity contribution in [2.75, 3.05) is 0 Å². The van der Waals surface area contributed by atoms with E-state index in [2.05, 4.69) is 6.08 Å². The second-order valence-electron chi connectivity index (χ2n) is 6.00. The largest absolute Gasteiger partial charge is 0.393 e. The van der Waals surface area contributed by atoms with Gasteiger partial charge in [-0.15, -0.1) is 0 Å². The SMILES string of the molecule is O[C@H]1CC2CCCC(C1)[C@H]2C1C=CC(F)=CC1. The minimum atomic E-state index is -0.0820. The molecule has 0 heterocycles. The minimum Gasteiger partial charge on any atom is -0.393 e. The Hall–Kier alpha value is -0.630. The maximum atomic E-state index is 13.0. The summed E-state index contributed by atoms with van der Waals surface area (Å²) in [4.78, 5) is 0. The number of halogens is 1. The van der Waals surface area contributed by atoms with Crippen LogP contribution in [0.4, 0.5) is 4.39 Å². The lowest BCUT2D eigenvalue weighted by molar-refractivity contribution is -0.0185. The molecule has 0 aromatic heterocycles. The fourth-order valence-electron chi connectivity index (χ4n) is 4.35.